The maximum Gasteiger partial charge on any atom is 0.308 e. The molecule has 0 radical (unpaired) electrons. The van der Waals surface area contributed by atoms with Crippen molar-refractivity contribution in [2.24, 2.45) is 0 Å². The van der Waals surface area contributed by atoms with Crippen molar-refractivity contribution >= 4 is 12.0 Å². The minimum Gasteiger partial charge on any atom is -0.494 e. The lowest BCUT2D eigenvalue weighted by Gasteiger charge is -2.14. The predicted octanol–water partition coefficient (Wildman–Crippen LogP) is 4.55. The van der Waals surface area contributed by atoms with E-state index in [0.717, 1.165) is 11.3 Å². The van der Waals surface area contributed by atoms with Gasteiger partial charge < -0.3 is 24.1 Å². The molecule has 0 bridgehead atoms. The van der Waals surface area contributed by atoms with Crippen molar-refractivity contribution in [3.8, 4) is 23.0 Å². The largest absolute Gasteiger partial charge is 0.494 e. The highest BCUT2D eigenvalue weighted by Gasteiger charge is 2.15. The highest BCUT2D eigenvalue weighted by Crippen LogP contribution is 2.32. The van der Waals surface area contributed by atoms with Crippen LogP contribution in [0.3, 0.4) is 0 Å². The van der Waals surface area contributed by atoms with Crippen molar-refractivity contribution < 1.29 is 28.8 Å². The number of esters is 1. The second kappa shape index (κ2) is 11.1. The van der Waals surface area contributed by atoms with Crippen molar-refractivity contribution in [1.29, 1.82) is 0 Å². The van der Waals surface area contributed by atoms with Crippen molar-refractivity contribution in [3.63, 3.8) is 0 Å². The van der Waals surface area contributed by atoms with Gasteiger partial charge in [0.15, 0.2) is 0 Å². The molecule has 2 aromatic rings. The fourth-order valence-corrected chi connectivity index (χ4v) is 2.75. The molecule has 2 aromatic carbocycles. The first-order chi connectivity index (χ1) is 14.0. The molecular formula is C23H28O6. The molecule has 0 aliphatic heterocycles. The Labute approximate surface area is 171 Å². The lowest BCUT2D eigenvalue weighted by molar-refractivity contribution is -0.131. The Balaban J connectivity index is 2.30. The summed E-state index contributed by atoms with van der Waals surface area (Å²) in [5, 5.41) is 10.7. The molecule has 1 atom stereocenters. The summed E-state index contributed by atoms with van der Waals surface area (Å²) in [6.07, 6.45) is 2.39. The third-order valence-corrected chi connectivity index (χ3v) is 3.92. The van der Waals surface area contributed by atoms with E-state index in [2.05, 4.69) is 0 Å². The molecule has 0 aliphatic rings. The normalized spacial score (nSPS) is 11.9. The van der Waals surface area contributed by atoms with Gasteiger partial charge in [-0.25, -0.2) is 0 Å². The first-order valence-electron chi connectivity index (χ1n) is 9.69. The first kappa shape index (κ1) is 22.3. The topological polar surface area (TPSA) is 74.2 Å². The van der Waals surface area contributed by atoms with Crippen molar-refractivity contribution in [2.45, 2.75) is 33.8 Å². The van der Waals surface area contributed by atoms with Crippen molar-refractivity contribution in [1.82, 2.24) is 0 Å². The van der Waals surface area contributed by atoms with Gasteiger partial charge in [0.1, 0.15) is 29.1 Å². The van der Waals surface area contributed by atoms with Gasteiger partial charge in [-0.15, -0.1) is 0 Å². The number of carbonyl (C=O) groups is 1. The van der Waals surface area contributed by atoms with E-state index in [9.17, 15) is 9.90 Å². The Kier molecular flexibility index (Phi) is 8.55. The number of hydrogen-bond donors (Lipinski definition) is 1. The molecule has 0 saturated carbocycles. The van der Waals surface area contributed by atoms with Crippen molar-refractivity contribution in [3.05, 3.63) is 53.6 Å². The molecule has 29 heavy (non-hydrogen) atoms. The summed E-state index contributed by atoms with van der Waals surface area (Å²) in [4.78, 5) is 11.4. The number of benzene rings is 2. The summed E-state index contributed by atoms with van der Waals surface area (Å²) < 4.78 is 21.9. The first-order valence-corrected chi connectivity index (χ1v) is 9.69. The maximum atomic E-state index is 11.4. The van der Waals surface area contributed by atoms with Gasteiger partial charge in [-0.3, -0.25) is 4.79 Å². The molecule has 0 aliphatic carbocycles. The highest BCUT2D eigenvalue weighted by molar-refractivity contribution is 5.70. The zero-order chi connectivity index (χ0) is 21.2. The Morgan fingerprint density at radius 1 is 0.931 bits per heavy atom. The number of aliphatic hydroxyl groups excluding tert-OH is 1. The van der Waals surface area contributed by atoms with E-state index >= 15 is 0 Å². The molecule has 1 unspecified atom stereocenters. The Bertz CT molecular complexity index is 843. The van der Waals surface area contributed by atoms with E-state index in [-0.39, 0.29) is 5.75 Å². The van der Waals surface area contributed by atoms with E-state index in [0.29, 0.717) is 36.9 Å². The third-order valence-electron chi connectivity index (χ3n) is 3.92. The van der Waals surface area contributed by atoms with Crippen LogP contribution in [0.2, 0.25) is 0 Å². The molecule has 156 valence electrons. The SMILES string of the molecule is CCOc1ccc(C=CC(O)c2ccc(OCC)cc2OC(C)=O)c(OCC)c1. The summed E-state index contributed by atoms with van der Waals surface area (Å²) in [7, 11) is 0. The van der Waals surface area contributed by atoms with Gasteiger partial charge in [-0.1, -0.05) is 12.2 Å². The number of hydrogen-bond acceptors (Lipinski definition) is 6. The summed E-state index contributed by atoms with van der Waals surface area (Å²) >= 11 is 0. The summed E-state index contributed by atoms with van der Waals surface area (Å²) in [6.45, 7) is 8.56. The second-order valence-corrected chi connectivity index (χ2v) is 6.10. The summed E-state index contributed by atoms with van der Waals surface area (Å²) in [6, 6.07) is 10.5. The van der Waals surface area contributed by atoms with Crippen LogP contribution in [0.15, 0.2) is 42.5 Å². The monoisotopic (exact) mass is 400 g/mol. The lowest BCUT2D eigenvalue weighted by atomic mass is 10.1. The Hall–Kier alpha value is -2.99. The average Bonchev–Trinajstić information content (AvgIpc) is 2.68. The molecule has 0 spiro atoms. The van der Waals surface area contributed by atoms with Crippen LogP contribution >= 0.6 is 0 Å². The fraction of sp³-hybridized carbons (Fsp3) is 0.348. The molecule has 0 aromatic heterocycles. The molecule has 2 rings (SSSR count). The van der Waals surface area contributed by atoms with Crippen LogP contribution < -0.4 is 18.9 Å². The van der Waals surface area contributed by atoms with Gasteiger partial charge >= 0.3 is 5.97 Å². The standard InChI is InChI=1S/C23H28O6/c1-5-26-18-10-8-17(22(14-18)28-7-3)9-13-21(25)20-12-11-19(27-6-2)15-23(20)29-16(4)24/h8-15,21,25H,5-7H2,1-4H3. The fourth-order valence-electron chi connectivity index (χ4n) is 2.75. The average molecular weight is 400 g/mol. The third kappa shape index (κ3) is 6.54. The highest BCUT2D eigenvalue weighted by atomic mass is 16.5. The van der Waals surface area contributed by atoms with Gasteiger partial charge in [0, 0.05) is 30.2 Å². The summed E-state index contributed by atoms with van der Waals surface area (Å²) in [5.74, 6) is 1.73. The lowest BCUT2D eigenvalue weighted by Crippen LogP contribution is -2.06. The van der Waals surface area contributed by atoms with E-state index in [4.69, 9.17) is 18.9 Å². The Morgan fingerprint density at radius 2 is 1.52 bits per heavy atom. The second-order valence-electron chi connectivity index (χ2n) is 6.10. The molecule has 1 N–H and O–H groups in total. The molecule has 0 fully saturated rings. The number of rotatable bonds is 10. The zero-order valence-electron chi connectivity index (χ0n) is 17.3. The van der Waals surface area contributed by atoms with Crippen LogP contribution in [-0.2, 0) is 4.79 Å². The molecular weight excluding hydrogens is 372 g/mol. The molecule has 0 amide bonds. The van der Waals surface area contributed by atoms with E-state index in [1.54, 1.807) is 30.4 Å². The quantitative estimate of drug-likeness (QED) is 0.466. The van der Waals surface area contributed by atoms with Crippen molar-refractivity contribution in [2.75, 3.05) is 19.8 Å². The smallest absolute Gasteiger partial charge is 0.308 e. The maximum absolute atomic E-state index is 11.4. The molecule has 6 heteroatoms. The number of ether oxygens (including phenoxy) is 4. The van der Waals surface area contributed by atoms with Gasteiger partial charge in [-0.2, -0.15) is 0 Å². The van der Waals surface area contributed by atoms with Crippen LogP contribution in [0, 0.1) is 0 Å². The number of carbonyl (C=O) groups excluding carboxylic acids is 1. The minimum atomic E-state index is -0.985. The Morgan fingerprint density at radius 3 is 2.10 bits per heavy atom. The van der Waals surface area contributed by atoms with Gasteiger partial charge in [0.05, 0.1) is 19.8 Å². The molecule has 6 nitrogen and oxygen atoms in total. The molecule has 0 heterocycles. The van der Waals surface area contributed by atoms with Gasteiger partial charge in [0.25, 0.3) is 0 Å². The minimum absolute atomic E-state index is 0.261. The molecule has 0 saturated heterocycles. The summed E-state index contributed by atoms with van der Waals surface area (Å²) in [5.41, 5.74) is 1.26. The van der Waals surface area contributed by atoms with Gasteiger partial charge in [-0.05, 0) is 45.0 Å². The van der Waals surface area contributed by atoms with Crippen LogP contribution in [0.25, 0.3) is 6.08 Å². The van der Waals surface area contributed by atoms with E-state index in [1.807, 2.05) is 39.0 Å². The van der Waals surface area contributed by atoms with E-state index in [1.165, 1.54) is 6.92 Å². The van der Waals surface area contributed by atoms with Crippen LogP contribution in [0.5, 0.6) is 23.0 Å². The van der Waals surface area contributed by atoms with E-state index < -0.39 is 12.1 Å². The zero-order valence-corrected chi connectivity index (χ0v) is 17.3. The van der Waals surface area contributed by atoms with Crippen LogP contribution in [0.1, 0.15) is 44.9 Å². The van der Waals surface area contributed by atoms with Gasteiger partial charge in [0.2, 0.25) is 0 Å². The van der Waals surface area contributed by atoms with Crippen LogP contribution in [0.4, 0.5) is 0 Å². The van der Waals surface area contributed by atoms with Crippen LogP contribution in [-0.4, -0.2) is 30.9 Å². The number of aliphatic hydroxyl groups is 1. The predicted molar refractivity (Wildman–Crippen MR) is 112 cm³/mol.